The number of aromatic nitrogens is 2. The van der Waals surface area contributed by atoms with Crippen LogP contribution in [0.4, 0.5) is 0 Å². The van der Waals surface area contributed by atoms with Gasteiger partial charge in [0.25, 0.3) is 0 Å². The van der Waals surface area contributed by atoms with E-state index >= 15 is 0 Å². The van der Waals surface area contributed by atoms with Gasteiger partial charge in [0.05, 0.1) is 19.0 Å². The topological polar surface area (TPSA) is 46.8 Å². The number of fused-ring (bicyclic) bond motifs is 3. The lowest BCUT2D eigenvalue weighted by Crippen LogP contribution is -2.02. The Bertz CT molecular complexity index is 892. The number of imidazole rings is 1. The minimum atomic E-state index is -0.668. The highest BCUT2D eigenvalue weighted by Crippen LogP contribution is 2.32. The van der Waals surface area contributed by atoms with Gasteiger partial charge in [0.1, 0.15) is 11.9 Å². The first-order valence-corrected chi connectivity index (χ1v) is 9.56. The summed E-state index contributed by atoms with van der Waals surface area (Å²) in [5.74, 6) is 0.830. The minimum absolute atomic E-state index is 0.668. The highest BCUT2D eigenvalue weighted by Gasteiger charge is 2.20. The summed E-state index contributed by atoms with van der Waals surface area (Å²) < 4.78 is 7.35. The Kier molecular flexibility index (Phi) is 4.59. The predicted molar refractivity (Wildman–Crippen MR) is 101 cm³/mol. The molecule has 0 bridgehead atoms. The second-order valence-corrected chi connectivity index (χ2v) is 7.47. The van der Waals surface area contributed by atoms with Crippen LogP contribution in [-0.2, 0) is 12.8 Å². The summed E-state index contributed by atoms with van der Waals surface area (Å²) in [7, 11) is 1.66. The lowest BCUT2D eigenvalue weighted by molar-refractivity contribution is 0.223. The number of hydrogen-bond acceptors (Lipinski definition) is 4. The number of hydrogen-bond donors (Lipinski definition) is 1. The lowest BCUT2D eigenvalue weighted by atomic mass is 10.1. The van der Waals surface area contributed by atoms with E-state index in [1.54, 1.807) is 24.6 Å². The van der Waals surface area contributed by atoms with Crippen LogP contribution in [0.1, 0.15) is 47.2 Å². The molecular formula is C20H22N2O2S. The molecule has 0 radical (unpaired) electrons. The summed E-state index contributed by atoms with van der Waals surface area (Å²) in [6, 6.07) is 7.79. The number of aliphatic hydroxyl groups excluding tert-OH is 1. The Morgan fingerprint density at radius 3 is 2.80 bits per heavy atom. The molecule has 1 aliphatic rings. The van der Waals surface area contributed by atoms with Gasteiger partial charge in [0.15, 0.2) is 4.96 Å². The Morgan fingerprint density at radius 1 is 1.20 bits per heavy atom. The number of benzene rings is 1. The van der Waals surface area contributed by atoms with Crippen LogP contribution in [-0.4, -0.2) is 21.6 Å². The molecule has 0 saturated heterocycles. The molecular weight excluding hydrogens is 332 g/mol. The van der Waals surface area contributed by atoms with Crippen molar-refractivity contribution in [2.45, 2.75) is 38.2 Å². The van der Waals surface area contributed by atoms with Crippen molar-refractivity contribution in [3.63, 3.8) is 0 Å². The van der Waals surface area contributed by atoms with Crippen molar-refractivity contribution in [2.24, 2.45) is 0 Å². The third-order valence-corrected chi connectivity index (χ3v) is 5.93. The molecule has 4 rings (SSSR count). The van der Waals surface area contributed by atoms with Gasteiger partial charge in [0, 0.05) is 10.6 Å². The fourth-order valence-electron chi connectivity index (χ4n) is 3.41. The molecule has 1 aliphatic carbocycles. The molecule has 2 heterocycles. The van der Waals surface area contributed by atoms with E-state index in [1.807, 2.05) is 36.4 Å². The maximum absolute atomic E-state index is 10.7. The molecule has 130 valence electrons. The highest BCUT2D eigenvalue weighted by atomic mass is 32.1. The molecule has 5 heteroatoms. The number of aryl methyl sites for hydroxylation is 2. The molecule has 3 aromatic rings. The van der Waals surface area contributed by atoms with E-state index in [0.29, 0.717) is 0 Å². The maximum Gasteiger partial charge on any atom is 0.194 e. The normalized spacial score (nSPS) is 16.1. The Hall–Kier alpha value is -2.11. The van der Waals surface area contributed by atoms with Gasteiger partial charge in [-0.15, -0.1) is 11.3 Å². The standard InChI is InChI=1S/C20H22N2O2S/c1-24-15-10-7-14(8-11-15)9-12-18(23)17-13-21-20-22(17)16-5-3-2-4-6-19(16)25-20/h7-13,18,23H,2-6H2,1H3. The number of ether oxygens (including phenoxy) is 1. The smallest absolute Gasteiger partial charge is 0.194 e. The number of methoxy groups -OCH3 is 1. The zero-order valence-corrected chi connectivity index (χ0v) is 15.1. The van der Waals surface area contributed by atoms with Crippen LogP contribution in [0.5, 0.6) is 5.75 Å². The monoisotopic (exact) mass is 354 g/mol. The van der Waals surface area contributed by atoms with Crippen molar-refractivity contribution in [3.05, 3.63) is 58.4 Å². The molecule has 0 fully saturated rings. The van der Waals surface area contributed by atoms with Gasteiger partial charge in [-0.3, -0.25) is 4.40 Å². The van der Waals surface area contributed by atoms with E-state index in [-0.39, 0.29) is 0 Å². The fourth-order valence-corrected chi connectivity index (χ4v) is 4.60. The van der Waals surface area contributed by atoms with Crippen LogP contribution < -0.4 is 4.74 Å². The number of thiazole rings is 1. The Labute approximate surface area is 151 Å². The highest BCUT2D eigenvalue weighted by molar-refractivity contribution is 7.17. The van der Waals surface area contributed by atoms with Crippen LogP contribution in [0.25, 0.3) is 11.0 Å². The predicted octanol–water partition coefficient (Wildman–Crippen LogP) is 4.42. The van der Waals surface area contributed by atoms with Crippen LogP contribution in [0.2, 0.25) is 0 Å². The second kappa shape index (κ2) is 7.02. The van der Waals surface area contributed by atoms with E-state index in [9.17, 15) is 5.11 Å². The summed E-state index contributed by atoms with van der Waals surface area (Å²) in [6.07, 6.45) is 10.9. The molecule has 2 aromatic heterocycles. The molecule has 1 N–H and O–H groups in total. The quantitative estimate of drug-likeness (QED) is 0.706. The largest absolute Gasteiger partial charge is 0.497 e. The third kappa shape index (κ3) is 3.22. The van der Waals surface area contributed by atoms with E-state index in [0.717, 1.165) is 34.8 Å². The molecule has 1 unspecified atom stereocenters. The van der Waals surface area contributed by atoms with Crippen molar-refractivity contribution in [1.29, 1.82) is 0 Å². The Balaban J connectivity index is 1.62. The molecule has 0 saturated carbocycles. The van der Waals surface area contributed by atoms with Gasteiger partial charge in [-0.05, 0) is 49.5 Å². The van der Waals surface area contributed by atoms with Crippen LogP contribution in [0, 0.1) is 0 Å². The summed E-state index contributed by atoms with van der Waals surface area (Å²) in [6.45, 7) is 0. The van der Waals surface area contributed by atoms with Crippen molar-refractivity contribution in [1.82, 2.24) is 9.38 Å². The van der Waals surface area contributed by atoms with Gasteiger partial charge in [-0.25, -0.2) is 4.98 Å². The fraction of sp³-hybridized carbons (Fsp3) is 0.350. The molecule has 0 spiro atoms. The molecule has 1 aromatic carbocycles. The average molecular weight is 354 g/mol. The Morgan fingerprint density at radius 2 is 2.00 bits per heavy atom. The summed E-state index contributed by atoms with van der Waals surface area (Å²) in [5, 5.41) is 10.7. The molecule has 4 nitrogen and oxygen atoms in total. The number of rotatable bonds is 4. The number of aliphatic hydroxyl groups is 1. The van der Waals surface area contributed by atoms with Crippen LogP contribution in [0.15, 0.2) is 36.5 Å². The first-order chi connectivity index (χ1) is 12.3. The van der Waals surface area contributed by atoms with Gasteiger partial charge in [-0.1, -0.05) is 24.6 Å². The second-order valence-electron chi connectivity index (χ2n) is 6.41. The van der Waals surface area contributed by atoms with Gasteiger partial charge >= 0.3 is 0 Å². The van der Waals surface area contributed by atoms with Crippen molar-refractivity contribution in [3.8, 4) is 5.75 Å². The first-order valence-electron chi connectivity index (χ1n) is 8.74. The van der Waals surface area contributed by atoms with E-state index in [2.05, 4.69) is 9.38 Å². The average Bonchev–Trinajstić information content (AvgIpc) is 3.12. The zero-order valence-electron chi connectivity index (χ0n) is 14.3. The summed E-state index contributed by atoms with van der Waals surface area (Å²) >= 11 is 1.77. The van der Waals surface area contributed by atoms with Gasteiger partial charge in [-0.2, -0.15) is 0 Å². The third-order valence-electron chi connectivity index (χ3n) is 4.77. The van der Waals surface area contributed by atoms with Gasteiger partial charge in [0.2, 0.25) is 0 Å². The van der Waals surface area contributed by atoms with Crippen molar-refractivity contribution in [2.75, 3.05) is 7.11 Å². The SMILES string of the molecule is COc1ccc(C=CC(O)c2cnc3sc4c(n23)CCCCC4)cc1. The number of nitrogens with zero attached hydrogens (tertiary/aromatic N) is 2. The van der Waals surface area contributed by atoms with Crippen molar-refractivity contribution < 1.29 is 9.84 Å². The minimum Gasteiger partial charge on any atom is -0.497 e. The van der Waals surface area contributed by atoms with E-state index in [4.69, 9.17) is 4.74 Å². The first kappa shape index (κ1) is 16.4. The summed E-state index contributed by atoms with van der Waals surface area (Å²) in [4.78, 5) is 6.96. The zero-order chi connectivity index (χ0) is 17.2. The van der Waals surface area contributed by atoms with E-state index < -0.39 is 6.10 Å². The van der Waals surface area contributed by atoms with Gasteiger partial charge < -0.3 is 9.84 Å². The summed E-state index contributed by atoms with van der Waals surface area (Å²) in [5.41, 5.74) is 3.24. The van der Waals surface area contributed by atoms with Crippen LogP contribution in [0.3, 0.4) is 0 Å². The van der Waals surface area contributed by atoms with E-state index in [1.165, 1.54) is 29.8 Å². The van der Waals surface area contributed by atoms with Crippen LogP contribution >= 0.6 is 11.3 Å². The molecule has 0 aliphatic heterocycles. The van der Waals surface area contributed by atoms with Crippen molar-refractivity contribution >= 4 is 22.4 Å². The molecule has 0 amide bonds. The molecule has 25 heavy (non-hydrogen) atoms. The maximum atomic E-state index is 10.7. The lowest BCUT2D eigenvalue weighted by Gasteiger charge is -2.08. The molecule has 1 atom stereocenters.